The van der Waals surface area contributed by atoms with Crippen LogP contribution < -0.4 is 0 Å². The van der Waals surface area contributed by atoms with Crippen LogP contribution in [0.25, 0.3) is 11.0 Å². The van der Waals surface area contributed by atoms with Crippen molar-refractivity contribution >= 4 is 33.6 Å². The second-order valence-corrected chi connectivity index (χ2v) is 3.60. The summed E-state index contributed by atoms with van der Waals surface area (Å²) in [5.41, 5.74) is 3.10. The molecular weight excluding hydrogens is 265 g/mol. The molecule has 0 aromatic carbocycles. The first-order valence-corrected chi connectivity index (χ1v) is 4.87. The summed E-state index contributed by atoms with van der Waals surface area (Å²) in [5, 5.41) is 0. The summed E-state index contributed by atoms with van der Waals surface area (Å²) in [6.07, 6.45) is 2.79. The van der Waals surface area contributed by atoms with Crippen molar-refractivity contribution in [1.82, 2.24) is 15.0 Å². The molecule has 0 bridgehead atoms. The number of hydrogen-bond donors (Lipinski definition) is 1. The van der Waals surface area contributed by atoms with Crippen LogP contribution in [-0.2, 0) is 6.42 Å². The summed E-state index contributed by atoms with van der Waals surface area (Å²) < 4.78 is 0.914. The van der Waals surface area contributed by atoms with Crippen molar-refractivity contribution in [1.29, 1.82) is 0 Å². The fourth-order valence-corrected chi connectivity index (χ4v) is 1.66. The van der Waals surface area contributed by atoms with E-state index in [-0.39, 0.29) is 0 Å². The van der Waals surface area contributed by atoms with Crippen molar-refractivity contribution in [2.45, 2.75) is 13.3 Å². The Morgan fingerprint density at radius 1 is 1.58 bits per heavy atom. The molecule has 2 heterocycles. The maximum Gasteiger partial charge on any atom is 0.169 e. The van der Waals surface area contributed by atoms with E-state index in [0.717, 1.165) is 27.0 Å². The largest absolute Gasteiger partial charge is 0.332 e. The standard InChI is InChI=1S/C8H8IN3/c1-2-5-3-6-7(4-10-5)12-8(9)11-6/h3-4H,2H2,1H3,(H,11,12). The smallest absolute Gasteiger partial charge is 0.169 e. The maximum absolute atomic E-state index is 4.31. The lowest BCUT2D eigenvalue weighted by molar-refractivity contribution is 1.04. The summed E-state index contributed by atoms with van der Waals surface area (Å²) >= 11 is 2.16. The van der Waals surface area contributed by atoms with E-state index in [0.29, 0.717) is 0 Å². The highest BCUT2D eigenvalue weighted by Gasteiger charge is 2.00. The number of pyridine rings is 1. The number of imidazole rings is 1. The summed E-state index contributed by atoms with van der Waals surface area (Å²) in [6, 6.07) is 2.02. The number of nitrogens with zero attached hydrogens (tertiary/aromatic N) is 2. The Balaban J connectivity index is 2.66. The number of rotatable bonds is 1. The number of fused-ring (bicyclic) bond motifs is 1. The van der Waals surface area contributed by atoms with Crippen LogP contribution in [-0.4, -0.2) is 15.0 Å². The molecule has 0 aliphatic carbocycles. The van der Waals surface area contributed by atoms with Crippen LogP contribution in [0, 0.1) is 3.83 Å². The molecule has 0 aliphatic heterocycles. The predicted molar refractivity (Wildman–Crippen MR) is 56.0 cm³/mol. The molecule has 2 aromatic rings. The van der Waals surface area contributed by atoms with Gasteiger partial charge in [0.2, 0.25) is 0 Å². The van der Waals surface area contributed by atoms with E-state index in [1.807, 2.05) is 12.3 Å². The van der Waals surface area contributed by atoms with Gasteiger partial charge in [0, 0.05) is 5.69 Å². The van der Waals surface area contributed by atoms with Crippen molar-refractivity contribution in [2.75, 3.05) is 0 Å². The number of halogens is 1. The first kappa shape index (κ1) is 7.97. The molecular formula is C8H8IN3. The lowest BCUT2D eigenvalue weighted by atomic mass is 10.3. The molecule has 4 heteroatoms. The van der Waals surface area contributed by atoms with Gasteiger partial charge in [-0.05, 0) is 35.1 Å². The fourth-order valence-electron chi connectivity index (χ4n) is 1.11. The van der Waals surface area contributed by atoms with Gasteiger partial charge in [0.15, 0.2) is 3.83 Å². The Morgan fingerprint density at radius 3 is 3.17 bits per heavy atom. The number of H-pyrrole nitrogens is 1. The molecule has 0 amide bonds. The summed E-state index contributed by atoms with van der Waals surface area (Å²) in [5.74, 6) is 0. The first-order valence-electron chi connectivity index (χ1n) is 3.79. The van der Waals surface area contributed by atoms with Crippen LogP contribution in [0.1, 0.15) is 12.6 Å². The molecule has 62 valence electrons. The number of aromatic nitrogens is 3. The second kappa shape index (κ2) is 3.01. The SMILES string of the molecule is CCc1cc2nc(I)[nH]c2cn1. The van der Waals surface area contributed by atoms with Crippen molar-refractivity contribution in [3.63, 3.8) is 0 Å². The number of aromatic amines is 1. The molecule has 12 heavy (non-hydrogen) atoms. The normalized spacial score (nSPS) is 10.8. The van der Waals surface area contributed by atoms with E-state index in [4.69, 9.17) is 0 Å². The first-order chi connectivity index (χ1) is 5.79. The van der Waals surface area contributed by atoms with Crippen LogP contribution in [0.2, 0.25) is 0 Å². The van der Waals surface area contributed by atoms with Gasteiger partial charge in [-0.1, -0.05) is 6.92 Å². The lowest BCUT2D eigenvalue weighted by Gasteiger charge is -1.92. The van der Waals surface area contributed by atoms with E-state index in [9.17, 15) is 0 Å². The van der Waals surface area contributed by atoms with Gasteiger partial charge < -0.3 is 4.98 Å². The molecule has 0 atom stereocenters. The van der Waals surface area contributed by atoms with E-state index in [1.165, 1.54) is 0 Å². The van der Waals surface area contributed by atoms with Crippen LogP contribution in [0.5, 0.6) is 0 Å². The van der Waals surface area contributed by atoms with Gasteiger partial charge in [-0.2, -0.15) is 0 Å². The molecule has 0 saturated carbocycles. The molecule has 1 N–H and O–H groups in total. The third-order valence-electron chi connectivity index (χ3n) is 1.76. The van der Waals surface area contributed by atoms with E-state index in [2.05, 4.69) is 44.5 Å². The summed E-state index contributed by atoms with van der Waals surface area (Å²) in [6.45, 7) is 2.09. The van der Waals surface area contributed by atoms with Gasteiger partial charge in [-0.3, -0.25) is 4.98 Å². The Labute approximate surface area is 83.8 Å². The van der Waals surface area contributed by atoms with Crippen LogP contribution in [0.3, 0.4) is 0 Å². The summed E-state index contributed by atoms with van der Waals surface area (Å²) in [7, 11) is 0. The topological polar surface area (TPSA) is 41.6 Å². The third kappa shape index (κ3) is 1.31. The van der Waals surface area contributed by atoms with Gasteiger partial charge in [-0.25, -0.2) is 4.98 Å². The number of nitrogens with one attached hydrogen (secondary N) is 1. The molecule has 0 radical (unpaired) electrons. The minimum atomic E-state index is 0.914. The fraction of sp³-hybridized carbons (Fsp3) is 0.250. The predicted octanol–water partition coefficient (Wildman–Crippen LogP) is 2.12. The van der Waals surface area contributed by atoms with E-state index in [1.54, 1.807) is 0 Å². The monoisotopic (exact) mass is 273 g/mol. The van der Waals surface area contributed by atoms with Crippen LogP contribution in [0.15, 0.2) is 12.3 Å². The quantitative estimate of drug-likeness (QED) is 0.809. The minimum Gasteiger partial charge on any atom is -0.332 e. The number of aryl methyl sites for hydroxylation is 1. The Hall–Kier alpha value is -0.650. The van der Waals surface area contributed by atoms with Gasteiger partial charge in [0.25, 0.3) is 0 Å². The highest BCUT2D eigenvalue weighted by atomic mass is 127. The summed E-state index contributed by atoms with van der Waals surface area (Å²) in [4.78, 5) is 11.7. The maximum atomic E-state index is 4.31. The molecule has 2 aromatic heterocycles. The average molecular weight is 273 g/mol. The third-order valence-corrected chi connectivity index (χ3v) is 2.27. The Bertz CT molecular complexity index is 408. The van der Waals surface area contributed by atoms with Gasteiger partial charge in [0.05, 0.1) is 17.2 Å². The average Bonchev–Trinajstić information content (AvgIpc) is 2.43. The minimum absolute atomic E-state index is 0.914. The van der Waals surface area contributed by atoms with Crippen molar-refractivity contribution < 1.29 is 0 Å². The zero-order valence-corrected chi connectivity index (χ0v) is 8.79. The molecule has 0 unspecified atom stereocenters. The Kier molecular flexibility index (Phi) is 2.00. The van der Waals surface area contributed by atoms with Crippen molar-refractivity contribution in [2.24, 2.45) is 0 Å². The van der Waals surface area contributed by atoms with Gasteiger partial charge in [-0.15, -0.1) is 0 Å². The van der Waals surface area contributed by atoms with Crippen molar-refractivity contribution in [3.8, 4) is 0 Å². The highest BCUT2D eigenvalue weighted by Crippen LogP contribution is 2.12. The van der Waals surface area contributed by atoms with E-state index >= 15 is 0 Å². The lowest BCUT2D eigenvalue weighted by Crippen LogP contribution is -1.84. The highest BCUT2D eigenvalue weighted by molar-refractivity contribution is 14.1. The zero-order valence-electron chi connectivity index (χ0n) is 6.63. The molecule has 0 saturated heterocycles. The van der Waals surface area contributed by atoms with Crippen LogP contribution in [0.4, 0.5) is 0 Å². The molecule has 2 rings (SSSR count). The zero-order chi connectivity index (χ0) is 8.55. The Morgan fingerprint density at radius 2 is 2.42 bits per heavy atom. The molecule has 0 aliphatic rings. The molecule has 0 fully saturated rings. The van der Waals surface area contributed by atoms with Crippen molar-refractivity contribution in [3.05, 3.63) is 21.8 Å². The molecule has 0 spiro atoms. The van der Waals surface area contributed by atoms with E-state index < -0.39 is 0 Å². The van der Waals surface area contributed by atoms with Crippen LogP contribution >= 0.6 is 22.6 Å². The second-order valence-electron chi connectivity index (χ2n) is 2.57. The molecule has 3 nitrogen and oxygen atoms in total. The van der Waals surface area contributed by atoms with Gasteiger partial charge >= 0.3 is 0 Å². The number of hydrogen-bond acceptors (Lipinski definition) is 2. The van der Waals surface area contributed by atoms with Gasteiger partial charge in [0.1, 0.15) is 0 Å².